The molecule has 8 heteroatoms. The van der Waals surface area contributed by atoms with Crippen LogP contribution < -0.4 is 15.6 Å². The maximum absolute atomic E-state index is 12.9. The van der Waals surface area contributed by atoms with Crippen LogP contribution >= 0.6 is 0 Å². The second-order valence-electron chi connectivity index (χ2n) is 6.44. The molecule has 8 nitrogen and oxygen atoms in total. The number of benzene rings is 1. The highest BCUT2D eigenvalue weighted by atomic mass is 16.5. The van der Waals surface area contributed by atoms with Crippen molar-refractivity contribution < 1.29 is 13.9 Å². The number of nitrogens with zero attached hydrogens (tertiary/aromatic N) is 3. The van der Waals surface area contributed by atoms with E-state index in [0.29, 0.717) is 24.1 Å². The Bertz CT molecular complexity index is 1200. The van der Waals surface area contributed by atoms with Crippen molar-refractivity contribution in [3.05, 3.63) is 64.9 Å². The third-order valence-corrected chi connectivity index (χ3v) is 4.76. The predicted octanol–water partition coefficient (Wildman–Crippen LogP) is 2.52. The Morgan fingerprint density at radius 2 is 2.14 bits per heavy atom. The van der Waals surface area contributed by atoms with E-state index in [1.165, 1.54) is 11.0 Å². The maximum atomic E-state index is 12.9. The molecule has 0 radical (unpaired) electrons. The first-order valence-corrected chi connectivity index (χ1v) is 8.99. The zero-order valence-electron chi connectivity index (χ0n) is 15.6. The van der Waals surface area contributed by atoms with Crippen LogP contribution in [-0.4, -0.2) is 27.2 Å². The summed E-state index contributed by atoms with van der Waals surface area (Å²) < 4.78 is 13.4. The lowest BCUT2D eigenvalue weighted by Crippen LogP contribution is -2.38. The van der Waals surface area contributed by atoms with Crippen LogP contribution in [-0.2, 0) is 11.3 Å². The Kier molecular flexibility index (Phi) is 4.60. The van der Waals surface area contributed by atoms with E-state index in [0.717, 1.165) is 16.8 Å². The Morgan fingerprint density at radius 3 is 2.93 bits per heavy atom. The zero-order chi connectivity index (χ0) is 19.7. The number of hydrogen-bond acceptors (Lipinski definition) is 5. The molecule has 0 saturated carbocycles. The summed E-state index contributed by atoms with van der Waals surface area (Å²) in [5.41, 5.74) is 2.36. The molecule has 3 aromatic heterocycles. The van der Waals surface area contributed by atoms with Crippen LogP contribution in [0, 0.1) is 0 Å². The summed E-state index contributed by atoms with van der Waals surface area (Å²) >= 11 is 0. The van der Waals surface area contributed by atoms with E-state index in [-0.39, 0.29) is 11.5 Å². The average Bonchev–Trinajstić information content (AvgIpc) is 3.31. The number of ether oxygens (including phenoxy) is 1. The number of methoxy groups -OCH3 is 1. The number of nitrogens with one attached hydrogen (secondary N) is 1. The van der Waals surface area contributed by atoms with E-state index in [2.05, 4.69) is 10.4 Å². The van der Waals surface area contributed by atoms with Crippen LogP contribution in [0.25, 0.3) is 16.6 Å². The fraction of sp³-hybridized carbons (Fsp3) is 0.250. The van der Waals surface area contributed by atoms with Crippen LogP contribution in [0.3, 0.4) is 0 Å². The SMILES string of the molecule is CCC(C(=O)NCc1cccc(OC)c1)n1ncn2c(cc3occc32)c1=O. The van der Waals surface area contributed by atoms with Crippen molar-refractivity contribution >= 4 is 22.5 Å². The molecule has 4 aromatic rings. The summed E-state index contributed by atoms with van der Waals surface area (Å²) in [4.78, 5) is 25.6. The van der Waals surface area contributed by atoms with Crippen molar-refractivity contribution in [3.8, 4) is 5.75 Å². The fourth-order valence-corrected chi connectivity index (χ4v) is 3.29. The van der Waals surface area contributed by atoms with Crippen molar-refractivity contribution in [2.75, 3.05) is 7.11 Å². The van der Waals surface area contributed by atoms with Crippen molar-refractivity contribution in [1.29, 1.82) is 0 Å². The lowest BCUT2D eigenvalue weighted by atomic mass is 10.2. The molecule has 1 aromatic carbocycles. The van der Waals surface area contributed by atoms with Gasteiger partial charge in [-0.05, 0) is 24.1 Å². The van der Waals surface area contributed by atoms with Gasteiger partial charge in [0.2, 0.25) is 5.91 Å². The second kappa shape index (κ2) is 7.22. The maximum Gasteiger partial charge on any atom is 0.291 e. The van der Waals surface area contributed by atoms with Crippen LogP contribution in [0.15, 0.2) is 58.2 Å². The van der Waals surface area contributed by atoms with E-state index in [1.807, 2.05) is 31.2 Å². The van der Waals surface area contributed by atoms with Gasteiger partial charge in [-0.2, -0.15) is 5.10 Å². The van der Waals surface area contributed by atoms with Crippen LogP contribution in [0.1, 0.15) is 24.9 Å². The molecule has 1 atom stereocenters. The summed E-state index contributed by atoms with van der Waals surface area (Å²) in [6.45, 7) is 2.18. The van der Waals surface area contributed by atoms with Gasteiger partial charge >= 0.3 is 0 Å². The molecule has 0 saturated heterocycles. The highest BCUT2D eigenvalue weighted by Gasteiger charge is 2.22. The molecule has 0 bridgehead atoms. The summed E-state index contributed by atoms with van der Waals surface area (Å²) in [5.74, 6) is 0.458. The minimum Gasteiger partial charge on any atom is -0.497 e. The Balaban J connectivity index is 1.59. The molecular weight excluding hydrogens is 360 g/mol. The highest BCUT2D eigenvalue weighted by molar-refractivity contribution is 5.82. The fourth-order valence-electron chi connectivity index (χ4n) is 3.29. The number of furan rings is 1. The summed E-state index contributed by atoms with van der Waals surface area (Å²) in [6.07, 6.45) is 3.53. The minimum atomic E-state index is -0.704. The third kappa shape index (κ3) is 3.02. The number of amides is 1. The van der Waals surface area contributed by atoms with Gasteiger partial charge in [-0.15, -0.1) is 0 Å². The van der Waals surface area contributed by atoms with Gasteiger partial charge in [0.05, 0.1) is 18.9 Å². The monoisotopic (exact) mass is 380 g/mol. The van der Waals surface area contributed by atoms with Crippen molar-refractivity contribution in [3.63, 3.8) is 0 Å². The molecule has 0 fully saturated rings. The lowest BCUT2D eigenvalue weighted by Gasteiger charge is -2.17. The van der Waals surface area contributed by atoms with Gasteiger partial charge in [-0.25, -0.2) is 4.68 Å². The Morgan fingerprint density at radius 1 is 1.29 bits per heavy atom. The molecule has 0 aliphatic rings. The normalized spacial score (nSPS) is 12.4. The first kappa shape index (κ1) is 17.8. The van der Waals surface area contributed by atoms with Crippen LogP contribution in [0.4, 0.5) is 0 Å². The van der Waals surface area contributed by atoms with Crippen LogP contribution in [0.5, 0.6) is 5.75 Å². The number of carbonyl (C=O) groups is 1. The molecule has 3 heterocycles. The van der Waals surface area contributed by atoms with Gasteiger partial charge in [-0.1, -0.05) is 19.1 Å². The Labute approximate surface area is 160 Å². The molecule has 4 rings (SSSR count). The van der Waals surface area contributed by atoms with E-state index in [9.17, 15) is 9.59 Å². The summed E-state index contributed by atoms with van der Waals surface area (Å²) in [7, 11) is 1.59. The van der Waals surface area contributed by atoms with Crippen molar-refractivity contribution in [1.82, 2.24) is 19.5 Å². The smallest absolute Gasteiger partial charge is 0.291 e. The number of aromatic nitrogens is 3. The van der Waals surface area contributed by atoms with Crippen molar-refractivity contribution in [2.45, 2.75) is 25.9 Å². The minimum absolute atomic E-state index is 0.264. The number of carbonyl (C=O) groups excluding carboxylic acids is 1. The molecule has 1 N–H and O–H groups in total. The van der Waals surface area contributed by atoms with Gasteiger partial charge in [0.1, 0.15) is 23.6 Å². The van der Waals surface area contributed by atoms with Crippen LogP contribution in [0.2, 0.25) is 0 Å². The molecule has 1 unspecified atom stereocenters. The van der Waals surface area contributed by atoms with E-state index in [4.69, 9.17) is 9.15 Å². The molecule has 1 amide bonds. The van der Waals surface area contributed by atoms with Gasteiger partial charge in [-0.3, -0.25) is 14.0 Å². The zero-order valence-corrected chi connectivity index (χ0v) is 15.6. The third-order valence-electron chi connectivity index (χ3n) is 4.76. The lowest BCUT2D eigenvalue weighted by molar-refractivity contribution is -0.125. The molecule has 144 valence electrons. The second-order valence-corrected chi connectivity index (χ2v) is 6.44. The largest absolute Gasteiger partial charge is 0.497 e. The van der Waals surface area contributed by atoms with Gasteiger partial charge in [0, 0.05) is 18.7 Å². The van der Waals surface area contributed by atoms with Crippen molar-refractivity contribution in [2.24, 2.45) is 0 Å². The average molecular weight is 380 g/mol. The standard InChI is InChI=1S/C20H20N4O4/c1-3-15(19(25)21-11-13-5-4-6-14(9-13)27-2)24-20(26)17-10-18-16(7-8-28-18)23(17)12-22-24/h4-10,12,15H,3,11H2,1-2H3,(H,21,25). The highest BCUT2D eigenvalue weighted by Crippen LogP contribution is 2.19. The number of hydrogen-bond donors (Lipinski definition) is 1. The van der Waals surface area contributed by atoms with E-state index < -0.39 is 6.04 Å². The van der Waals surface area contributed by atoms with E-state index >= 15 is 0 Å². The molecule has 28 heavy (non-hydrogen) atoms. The first-order chi connectivity index (χ1) is 13.6. The predicted molar refractivity (Wildman–Crippen MR) is 103 cm³/mol. The van der Waals surface area contributed by atoms with E-state index in [1.54, 1.807) is 29.9 Å². The van der Waals surface area contributed by atoms with Gasteiger partial charge < -0.3 is 14.5 Å². The molecule has 0 aliphatic heterocycles. The number of rotatable bonds is 6. The molecule has 0 spiro atoms. The Hall–Kier alpha value is -3.55. The van der Waals surface area contributed by atoms with Gasteiger partial charge in [0.25, 0.3) is 5.56 Å². The first-order valence-electron chi connectivity index (χ1n) is 8.99. The van der Waals surface area contributed by atoms with Gasteiger partial charge in [0.15, 0.2) is 5.58 Å². The molecule has 0 aliphatic carbocycles. The summed E-state index contributed by atoms with van der Waals surface area (Å²) in [6, 6.07) is 10.2. The number of fused-ring (bicyclic) bond motifs is 3. The quantitative estimate of drug-likeness (QED) is 0.555. The topological polar surface area (TPSA) is 90.8 Å². The summed E-state index contributed by atoms with van der Waals surface area (Å²) in [5, 5.41) is 7.10. The molecular formula is C20H20N4O4.